The van der Waals surface area contributed by atoms with Crippen LogP contribution in [0.1, 0.15) is 11.1 Å². The van der Waals surface area contributed by atoms with E-state index in [1.54, 1.807) is 14.2 Å². The average Bonchev–Trinajstić information content (AvgIpc) is 2.67. The fourth-order valence-corrected chi connectivity index (χ4v) is 2.62. The molecule has 0 atom stereocenters. The van der Waals surface area contributed by atoms with Crippen LogP contribution in [0.15, 0.2) is 53.5 Å². The van der Waals surface area contributed by atoms with Gasteiger partial charge in [-0.25, -0.2) is 0 Å². The van der Waals surface area contributed by atoms with Gasteiger partial charge in [-0.3, -0.25) is 4.99 Å². The molecule has 148 valence electrons. The standard InChI is InChI=1S/C21H30N4O.HI/c1-22-21(24-16-14-18-7-11-20(26-4)12-8-18)23-15-13-17-5-9-19(10-6-17)25(2)3;/h5-12H,13-16H2,1-4H3,(H2,22,23,24);1H. The van der Waals surface area contributed by atoms with E-state index in [4.69, 9.17) is 4.74 Å². The number of nitrogens with zero attached hydrogens (tertiary/aromatic N) is 2. The number of rotatable bonds is 8. The summed E-state index contributed by atoms with van der Waals surface area (Å²) in [6, 6.07) is 16.8. The molecule has 0 aliphatic rings. The summed E-state index contributed by atoms with van der Waals surface area (Å²) in [6.45, 7) is 1.69. The lowest BCUT2D eigenvalue weighted by Crippen LogP contribution is -2.39. The van der Waals surface area contributed by atoms with E-state index in [2.05, 4.69) is 71.0 Å². The van der Waals surface area contributed by atoms with Crippen LogP contribution in [0.4, 0.5) is 5.69 Å². The Hall–Kier alpha value is -1.96. The minimum Gasteiger partial charge on any atom is -0.497 e. The summed E-state index contributed by atoms with van der Waals surface area (Å²) in [7, 11) is 7.59. The van der Waals surface area contributed by atoms with E-state index in [0.29, 0.717) is 0 Å². The van der Waals surface area contributed by atoms with Crippen molar-refractivity contribution in [3.8, 4) is 5.75 Å². The smallest absolute Gasteiger partial charge is 0.190 e. The van der Waals surface area contributed by atoms with Crippen molar-refractivity contribution in [3.05, 3.63) is 59.7 Å². The van der Waals surface area contributed by atoms with Crippen molar-refractivity contribution < 1.29 is 4.74 Å². The summed E-state index contributed by atoms with van der Waals surface area (Å²) in [6.07, 6.45) is 1.91. The Morgan fingerprint density at radius 1 is 0.889 bits per heavy atom. The van der Waals surface area contributed by atoms with Crippen molar-refractivity contribution in [2.75, 3.05) is 46.2 Å². The van der Waals surface area contributed by atoms with Gasteiger partial charge in [-0.2, -0.15) is 0 Å². The van der Waals surface area contributed by atoms with Crippen LogP contribution in [-0.2, 0) is 12.8 Å². The zero-order valence-corrected chi connectivity index (χ0v) is 19.0. The number of benzene rings is 2. The van der Waals surface area contributed by atoms with Gasteiger partial charge in [0.25, 0.3) is 0 Å². The lowest BCUT2D eigenvalue weighted by Gasteiger charge is -2.14. The second-order valence-electron chi connectivity index (χ2n) is 6.33. The highest BCUT2D eigenvalue weighted by molar-refractivity contribution is 14.0. The maximum Gasteiger partial charge on any atom is 0.190 e. The van der Waals surface area contributed by atoms with Crippen LogP contribution in [0.5, 0.6) is 5.75 Å². The molecule has 0 aliphatic carbocycles. The third-order valence-corrected chi connectivity index (χ3v) is 4.25. The molecule has 0 saturated heterocycles. The van der Waals surface area contributed by atoms with Crippen molar-refractivity contribution in [1.29, 1.82) is 0 Å². The fourth-order valence-electron chi connectivity index (χ4n) is 2.62. The molecule has 0 unspecified atom stereocenters. The Morgan fingerprint density at radius 2 is 1.37 bits per heavy atom. The molecular formula is C21H31IN4O. The summed E-state index contributed by atoms with van der Waals surface area (Å²) < 4.78 is 5.18. The Bertz CT molecular complexity index is 684. The maximum atomic E-state index is 5.18. The maximum absolute atomic E-state index is 5.18. The normalized spacial score (nSPS) is 10.7. The number of nitrogens with one attached hydrogen (secondary N) is 2. The van der Waals surface area contributed by atoms with Crippen LogP contribution in [0.25, 0.3) is 0 Å². The van der Waals surface area contributed by atoms with Gasteiger partial charge in [-0.15, -0.1) is 24.0 Å². The molecule has 0 saturated carbocycles. The molecule has 0 amide bonds. The van der Waals surface area contributed by atoms with Gasteiger partial charge in [-0.05, 0) is 48.2 Å². The van der Waals surface area contributed by atoms with E-state index < -0.39 is 0 Å². The highest BCUT2D eigenvalue weighted by Gasteiger charge is 2.00. The molecule has 0 aliphatic heterocycles. The predicted molar refractivity (Wildman–Crippen MR) is 126 cm³/mol. The van der Waals surface area contributed by atoms with Crippen LogP contribution >= 0.6 is 24.0 Å². The van der Waals surface area contributed by atoms with Gasteiger partial charge in [0, 0.05) is 39.9 Å². The first kappa shape index (κ1) is 23.1. The third-order valence-electron chi connectivity index (χ3n) is 4.25. The Kier molecular flexibility index (Phi) is 10.6. The quantitative estimate of drug-likeness (QED) is 0.345. The first-order valence-corrected chi connectivity index (χ1v) is 8.96. The number of methoxy groups -OCH3 is 1. The summed E-state index contributed by atoms with van der Waals surface area (Å²) in [5.74, 6) is 1.72. The van der Waals surface area contributed by atoms with E-state index in [1.165, 1.54) is 16.8 Å². The number of anilines is 1. The molecule has 0 heterocycles. The summed E-state index contributed by atoms with van der Waals surface area (Å²) >= 11 is 0. The first-order valence-electron chi connectivity index (χ1n) is 8.96. The second-order valence-corrected chi connectivity index (χ2v) is 6.33. The minimum atomic E-state index is 0. The van der Waals surface area contributed by atoms with Gasteiger partial charge in [0.1, 0.15) is 5.75 Å². The molecule has 0 radical (unpaired) electrons. The van der Waals surface area contributed by atoms with Crippen molar-refractivity contribution in [1.82, 2.24) is 10.6 Å². The number of guanidine groups is 1. The van der Waals surface area contributed by atoms with Gasteiger partial charge in [0.05, 0.1) is 7.11 Å². The molecular weight excluding hydrogens is 451 g/mol. The van der Waals surface area contributed by atoms with Gasteiger partial charge in [-0.1, -0.05) is 24.3 Å². The van der Waals surface area contributed by atoms with E-state index in [9.17, 15) is 0 Å². The van der Waals surface area contributed by atoms with Crippen LogP contribution < -0.4 is 20.3 Å². The molecule has 27 heavy (non-hydrogen) atoms. The Morgan fingerprint density at radius 3 is 1.78 bits per heavy atom. The molecule has 2 aromatic rings. The highest BCUT2D eigenvalue weighted by Crippen LogP contribution is 2.12. The van der Waals surface area contributed by atoms with Gasteiger partial charge < -0.3 is 20.3 Å². The summed E-state index contributed by atoms with van der Waals surface area (Å²) in [4.78, 5) is 6.39. The zero-order valence-electron chi connectivity index (χ0n) is 16.7. The van der Waals surface area contributed by atoms with Crippen LogP contribution in [0, 0.1) is 0 Å². The Balaban J connectivity index is 0.00000364. The van der Waals surface area contributed by atoms with Crippen molar-refractivity contribution in [2.24, 2.45) is 4.99 Å². The number of aliphatic imine (C=N–C) groups is 1. The van der Waals surface area contributed by atoms with Gasteiger partial charge in [0.2, 0.25) is 0 Å². The molecule has 0 spiro atoms. The summed E-state index contributed by atoms with van der Waals surface area (Å²) in [5, 5.41) is 6.73. The largest absolute Gasteiger partial charge is 0.497 e. The molecule has 6 heteroatoms. The molecule has 2 rings (SSSR count). The number of halogens is 1. The van der Waals surface area contributed by atoms with E-state index >= 15 is 0 Å². The van der Waals surface area contributed by atoms with E-state index in [-0.39, 0.29) is 24.0 Å². The molecule has 0 fully saturated rings. The predicted octanol–water partition coefficient (Wildman–Crippen LogP) is 3.33. The second kappa shape index (κ2) is 12.4. The van der Waals surface area contributed by atoms with Crippen LogP contribution in [-0.4, -0.2) is 47.3 Å². The van der Waals surface area contributed by atoms with Crippen molar-refractivity contribution in [2.45, 2.75) is 12.8 Å². The molecule has 2 aromatic carbocycles. The number of hydrogen-bond acceptors (Lipinski definition) is 3. The lowest BCUT2D eigenvalue weighted by molar-refractivity contribution is 0.414. The topological polar surface area (TPSA) is 48.9 Å². The Labute approximate surface area is 180 Å². The number of ether oxygens (including phenoxy) is 1. The van der Waals surface area contributed by atoms with E-state index in [1.807, 2.05) is 12.1 Å². The third kappa shape index (κ3) is 8.07. The average molecular weight is 482 g/mol. The van der Waals surface area contributed by atoms with Crippen LogP contribution in [0.2, 0.25) is 0 Å². The van der Waals surface area contributed by atoms with Crippen LogP contribution in [0.3, 0.4) is 0 Å². The monoisotopic (exact) mass is 482 g/mol. The fraction of sp³-hybridized carbons (Fsp3) is 0.381. The summed E-state index contributed by atoms with van der Waals surface area (Å²) in [5.41, 5.74) is 3.81. The minimum absolute atomic E-state index is 0. The van der Waals surface area contributed by atoms with Gasteiger partial charge >= 0.3 is 0 Å². The molecule has 2 N–H and O–H groups in total. The van der Waals surface area contributed by atoms with E-state index in [0.717, 1.165) is 37.6 Å². The van der Waals surface area contributed by atoms with Crippen molar-refractivity contribution >= 4 is 35.6 Å². The van der Waals surface area contributed by atoms with Gasteiger partial charge in [0.15, 0.2) is 5.96 Å². The first-order chi connectivity index (χ1) is 12.6. The van der Waals surface area contributed by atoms with Crippen molar-refractivity contribution in [3.63, 3.8) is 0 Å². The molecule has 0 bridgehead atoms. The lowest BCUT2D eigenvalue weighted by atomic mass is 10.1. The molecule has 0 aromatic heterocycles. The number of hydrogen-bond donors (Lipinski definition) is 2. The highest BCUT2D eigenvalue weighted by atomic mass is 127. The SMILES string of the molecule is CN=C(NCCc1ccc(OC)cc1)NCCc1ccc(N(C)C)cc1.I. The zero-order chi connectivity index (χ0) is 18.8. The molecule has 5 nitrogen and oxygen atoms in total.